The summed E-state index contributed by atoms with van der Waals surface area (Å²) in [6.45, 7) is 0. The Kier molecular flexibility index (Phi) is 4.60. The standard InChI is InChI=1S/C18H12F4O2S/c1-25-12-5-6-13(15(19)8-12)17-16(23)14(9-24-17)10-3-2-4-11(7-10)18(20,21)22/h2-9,17H,1H3. The number of ketones is 1. The van der Waals surface area contributed by atoms with Crippen molar-refractivity contribution < 1.29 is 27.1 Å². The lowest BCUT2D eigenvalue weighted by atomic mass is 9.96. The maximum Gasteiger partial charge on any atom is 0.416 e. The predicted octanol–water partition coefficient (Wildman–Crippen LogP) is 5.25. The molecule has 0 saturated heterocycles. The highest BCUT2D eigenvalue weighted by molar-refractivity contribution is 7.98. The SMILES string of the molecule is CSc1ccc(C2OC=C(c3cccc(C(F)(F)F)c3)C2=O)c(F)c1. The fraction of sp³-hybridized carbons (Fsp3) is 0.167. The van der Waals surface area contributed by atoms with E-state index < -0.39 is 29.4 Å². The van der Waals surface area contributed by atoms with Crippen LogP contribution in [-0.4, -0.2) is 12.0 Å². The molecule has 7 heteroatoms. The van der Waals surface area contributed by atoms with Gasteiger partial charge in [-0.2, -0.15) is 13.2 Å². The average Bonchev–Trinajstić information content (AvgIpc) is 2.95. The number of benzene rings is 2. The number of alkyl halides is 3. The Hall–Kier alpha value is -2.28. The molecule has 1 unspecified atom stereocenters. The molecule has 0 fully saturated rings. The van der Waals surface area contributed by atoms with Crippen LogP contribution in [0.4, 0.5) is 17.6 Å². The minimum absolute atomic E-state index is 0.00977. The van der Waals surface area contributed by atoms with Gasteiger partial charge in [0.2, 0.25) is 5.78 Å². The van der Waals surface area contributed by atoms with Crippen LogP contribution >= 0.6 is 11.8 Å². The Morgan fingerprint density at radius 1 is 1.12 bits per heavy atom. The lowest BCUT2D eigenvalue weighted by molar-refractivity contribution is -0.137. The van der Waals surface area contributed by atoms with Crippen LogP contribution in [0, 0.1) is 5.82 Å². The summed E-state index contributed by atoms with van der Waals surface area (Å²) in [5.41, 5.74) is -0.730. The van der Waals surface area contributed by atoms with E-state index in [0.717, 1.165) is 18.4 Å². The van der Waals surface area contributed by atoms with Crippen LogP contribution in [0.15, 0.2) is 53.6 Å². The maximum atomic E-state index is 14.2. The summed E-state index contributed by atoms with van der Waals surface area (Å²) in [6.07, 6.45) is -2.83. The second kappa shape index (κ2) is 6.55. The molecular weight excluding hydrogens is 356 g/mol. The van der Waals surface area contributed by atoms with Crippen LogP contribution in [0.1, 0.15) is 22.8 Å². The van der Waals surface area contributed by atoms with E-state index in [1.807, 2.05) is 0 Å². The van der Waals surface area contributed by atoms with Gasteiger partial charge in [0.05, 0.1) is 17.4 Å². The van der Waals surface area contributed by atoms with Crippen molar-refractivity contribution >= 4 is 23.1 Å². The number of carbonyl (C=O) groups is 1. The van der Waals surface area contributed by atoms with E-state index in [0.29, 0.717) is 4.90 Å². The average molecular weight is 368 g/mol. The van der Waals surface area contributed by atoms with Gasteiger partial charge in [0.25, 0.3) is 0 Å². The zero-order valence-corrected chi connectivity index (χ0v) is 13.7. The molecule has 0 radical (unpaired) electrons. The molecule has 25 heavy (non-hydrogen) atoms. The first-order valence-corrected chi connectivity index (χ1v) is 8.44. The number of ether oxygens (including phenoxy) is 1. The zero-order chi connectivity index (χ0) is 18.2. The summed E-state index contributed by atoms with van der Waals surface area (Å²) in [6, 6.07) is 8.80. The molecule has 1 heterocycles. The van der Waals surface area contributed by atoms with E-state index in [1.165, 1.54) is 36.0 Å². The first-order chi connectivity index (χ1) is 11.8. The number of halogens is 4. The molecular formula is C18H12F4O2S. The van der Waals surface area contributed by atoms with Crippen molar-refractivity contribution in [1.29, 1.82) is 0 Å². The smallest absolute Gasteiger partial charge is 0.416 e. The molecule has 1 atom stereocenters. The van der Waals surface area contributed by atoms with E-state index in [-0.39, 0.29) is 16.7 Å². The number of thioether (sulfide) groups is 1. The van der Waals surface area contributed by atoms with Crippen LogP contribution in [0.5, 0.6) is 0 Å². The largest absolute Gasteiger partial charge is 0.484 e. The highest BCUT2D eigenvalue weighted by Crippen LogP contribution is 2.37. The van der Waals surface area contributed by atoms with Gasteiger partial charge in [0.1, 0.15) is 5.82 Å². The van der Waals surface area contributed by atoms with Gasteiger partial charge in [-0.05, 0) is 36.1 Å². The molecule has 0 spiro atoms. The second-order valence-electron chi connectivity index (χ2n) is 5.38. The van der Waals surface area contributed by atoms with Crippen LogP contribution in [0.3, 0.4) is 0 Å². The highest BCUT2D eigenvalue weighted by Gasteiger charge is 2.35. The van der Waals surface area contributed by atoms with Crippen LogP contribution in [0.25, 0.3) is 5.57 Å². The molecule has 0 N–H and O–H groups in total. The molecule has 1 aliphatic heterocycles. The van der Waals surface area contributed by atoms with Crippen LogP contribution < -0.4 is 0 Å². The molecule has 2 aromatic carbocycles. The molecule has 130 valence electrons. The molecule has 1 aliphatic rings. The zero-order valence-electron chi connectivity index (χ0n) is 12.9. The van der Waals surface area contributed by atoms with E-state index in [1.54, 1.807) is 12.3 Å². The molecule has 0 amide bonds. The van der Waals surface area contributed by atoms with Crippen molar-refractivity contribution in [3.8, 4) is 0 Å². The Morgan fingerprint density at radius 2 is 1.88 bits per heavy atom. The first-order valence-electron chi connectivity index (χ1n) is 7.22. The van der Waals surface area contributed by atoms with Gasteiger partial charge in [-0.15, -0.1) is 11.8 Å². The van der Waals surface area contributed by atoms with Crippen molar-refractivity contribution in [3.63, 3.8) is 0 Å². The fourth-order valence-electron chi connectivity index (χ4n) is 2.53. The second-order valence-corrected chi connectivity index (χ2v) is 6.26. The molecule has 0 aromatic heterocycles. The quantitative estimate of drug-likeness (QED) is 0.547. The highest BCUT2D eigenvalue weighted by atomic mass is 32.2. The lowest BCUT2D eigenvalue weighted by Gasteiger charge is -2.12. The maximum absolute atomic E-state index is 14.2. The third-order valence-electron chi connectivity index (χ3n) is 3.82. The van der Waals surface area contributed by atoms with Crippen LogP contribution in [0.2, 0.25) is 0 Å². The summed E-state index contributed by atoms with van der Waals surface area (Å²) in [5.74, 6) is -1.17. The fourth-order valence-corrected chi connectivity index (χ4v) is 2.96. The van der Waals surface area contributed by atoms with Gasteiger partial charge in [-0.3, -0.25) is 4.79 Å². The minimum Gasteiger partial charge on any atom is -0.484 e. The summed E-state index contributed by atoms with van der Waals surface area (Å²) in [4.78, 5) is 13.2. The van der Waals surface area contributed by atoms with Gasteiger partial charge in [0.15, 0.2) is 6.10 Å². The van der Waals surface area contributed by atoms with E-state index in [9.17, 15) is 22.4 Å². The van der Waals surface area contributed by atoms with Gasteiger partial charge >= 0.3 is 6.18 Å². The van der Waals surface area contributed by atoms with Crippen LogP contribution in [-0.2, 0) is 15.7 Å². The molecule has 0 bridgehead atoms. The van der Waals surface area contributed by atoms with Gasteiger partial charge in [0, 0.05) is 10.5 Å². The topological polar surface area (TPSA) is 26.3 Å². The summed E-state index contributed by atoms with van der Waals surface area (Å²) >= 11 is 1.35. The summed E-state index contributed by atoms with van der Waals surface area (Å²) in [5, 5.41) is 0. The first kappa shape index (κ1) is 17.5. The summed E-state index contributed by atoms with van der Waals surface area (Å²) < 4.78 is 57.9. The normalized spacial score (nSPS) is 17.4. The van der Waals surface area contributed by atoms with E-state index in [4.69, 9.17) is 4.74 Å². The lowest BCUT2D eigenvalue weighted by Crippen LogP contribution is -2.12. The van der Waals surface area contributed by atoms with E-state index in [2.05, 4.69) is 0 Å². The molecule has 0 aliphatic carbocycles. The van der Waals surface area contributed by atoms with Crippen molar-refractivity contribution in [2.75, 3.05) is 6.26 Å². The van der Waals surface area contributed by atoms with Gasteiger partial charge in [-0.1, -0.05) is 18.2 Å². The Bertz CT molecular complexity index is 858. The summed E-state index contributed by atoms with van der Waals surface area (Å²) in [7, 11) is 0. The van der Waals surface area contributed by atoms with Gasteiger partial charge < -0.3 is 4.74 Å². The number of hydrogen-bond acceptors (Lipinski definition) is 3. The van der Waals surface area contributed by atoms with Crippen molar-refractivity contribution in [1.82, 2.24) is 0 Å². The van der Waals surface area contributed by atoms with Crippen molar-refractivity contribution in [2.24, 2.45) is 0 Å². The Balaban J connectivity index is 1.90. The van der Waals surface area contributed by atoms with Crippen molar-refractivity contribution in [2.45, 2.75) is 17.2 Å². The minimum atomic E-state index is -4.52. The number of carbonyl (C=O) groups excluding carboxylic acids is 1. The monoisotopic (exact) mass is 368 g/mol. The third-order valence-corrected chi connectivity index (χ3v) is 4.54. The molecule has 3 rings (SSSR count). The van der Waals surface area contributed by atoms with E-state index >= 15 is 0 Å². The number of hydrogen-bond donors (Lipinski definition) is 0. The molecule has 2 aromatic rings. The predicted molar refractivity (Wildman–Crippen MR) is 86.4 cm³/mol. The third kappa shape index (κ3) is 3.42. The molecule has 2 nitrogen and oxygen atoms in total. The Morgan fingerprint density at radius 3 is 2.52 bits per heavy atom. The molecule has 0 saturated carbocycles. The van der Waals surface area contributed by atoms with Crippen molar-refractivity contribution in [3.05, 3.63) is 71.2 Å². The Labute approximate surface area is 145 Å². The number of Topliss-reactive ketones (excluding diaryl/α,β-unsaturated/α-hetero) is 1. The number of rotatable bonds is 3. The van der Waals surface area contributed by atoms with Gasteiger partial charge in [-0.25, -0.2) is 4.39 Å².